The number of thiazole rings is 1. The number of rotatable bonds is 3. The molecule has 2 aromatic rings. The van der Waals surface area contributed by atoms with E-state index in [9.17, 15) is 4.79 Å². The van der Waals surface area contributed by atoms with Crippen LogP contribution in [0.25, 0.3) is 10.6 Å². The summed E-state index contributed by atoms with van der Waals surface area (Å²) in [7, 11) is 0. The number of fused-ring (bicyclic) bond motifs is 1. The molecule has 0 spiro atoms. The zero-order valence-electron chi connectivity index (χ0n) is 10.3. The molecule has 0 radical (unpaired) electrons. The molecule has 19 heavy (non-hydrogen) atoms. The molecule has 1 N–H and O–H groups in total. The van der Waals surface area contributed by atoms with Crippen molar-refractivity contribution in [3.05, 3.63) is 40.4 Å². The molecule has 0 aliphatic carbocycles. The minimum absolute atomic E-state index is 0.0186. The van der Waals surface area contributed by atoms with E-state index >= 15 is 0 Å². The van der Waals surface area contributed by atoms with Gasteiger partial charge < -0.3 is 9.84 Å². The third-order valence-electron chi connectivity index (χ3n) is 3.11. The van der Waals surface area contributed by atoms with Gasteiger partial charge in [0.2, 0.25) is 0 Å². The maximum absolute atomic E-state index is 10.7. The molecular formula is C14H13NO3S. The Labute approximate surface area is 114 Å². The number of carbonyl (C=O) groups is 1. The third-order valence-corrected chi connectivity index (χ3v) is 4.05. The summed E-state index contributed by atoms with van der Waals surface area (Å²) >= 11 is 1.49. The highest BCUT2D eigenvalue weighted by molar-refractivity contribution is 7.13. The van der Waals surface area contributed by atoms with Gasteiger partial charge in [-0.2, -0.15) is 0 Å². The minimum atomic E-state index is -0.848. The van der Waals surface area contributed by atoms with Crippen molar-refractivity contribution in [2.24, 2.45) is 0 Å². The summed E-state index contributed by atoms with van der Waals surface area (Å²) in [6, 6.07) is 6.24. The van der Waals surface area contributed by atoms with Crippen LogP contribution in [0.15, 0.2) is 23.6 Å². The number of aromatic nitrogens is 1. The van der Waals surface area contributed by atoms with Gasteiger partial charge in [-0.1, -0.05) is 12.1 Å². The Morgan fingerprint density at radius 3 is 3.16 bits per heavy atom. The van der Waals surface area contributed by atoms with Crippen LogP contribution in [0.1, 0.15) is 16.8 Å². The standard InChI is InChI=1S/C14H13NO3S/c16-13(17)6-12-8-19-14(15-12)10-1-2-11-7-18-4-3-9(11)5-10/h1-2,5,8H,3-4,6-7H2,(H,16,17). The van der Waals surface area contributed by atoms with Crippen molar-refractivity contribution < 1.29 is 14.6 Å². The largest absolute Gasteiger partial charge is 0.481 e. The van der Waals surface area contributed by atoms with Gasteiger partial charge in [0.25, 0.3) is 0 Å². The Bertz CT molecular complexity index is 621. The summed E-state index contributed by atoms with van der Waals surface area (Å²) in [6.07, 6.45) is 0.909. The first-order valence-corrected chi connectivity index (χ1v) is 6.96. The van der Waals surface area contributed by atoms with Gasteiger partial charge in [0.05, 0.1) is 25.3 Å². The number of benzene rings is 1. The van der Waals surface area contributed by atoms with Crippen LogP contribution in [0.5, 0.6) is 0 Å². The number of aliphatic carboxylic acids is 1. The van der Waals surface area contributed by atoms with E-state index < -0.39 is 5.97 Å². The summed E-state index contributed by atoms with van der Waals surface area (Å²) < 4.78 is 5.41. The molecule has 4 nitrogen and oxygen atoms in total. The molecule has 2 heterocycles. The second-order valence-electron chi connectivity index (χ2n) is 4.50. The summed E-state index contributed by atoms with van der Waals surface area (Å²) in [5.74, 6) is -0.848. The molecule has 0 saturated heterocycles. The Morgan fingerprint density at radius 1 is 1.42 bits per heavy atom. The molecule has 0 fully saturated rings. The molecule has 1 aromatic carbocycles. The van der Waals surface area contributed by atoms with E-state index in [-0.39, 0.29) is 6.42 Å². The highest BCUT2D eigenvalue weighted by Gasteiger charge is 2.12. The van der Waals surface area contributed by atoms with Crippen LogP contribution in [-0.4, -0.2) is 22.7 Å². The third kappa shape index (κ3) is 2.67. The topological polar surface area (TPSA) is 59.4 Å². The first-order valence-electron chi connectivity index (χ1n) is 6.08. The number of hydrogen-bond donors (Lipinski definition) is 1. The van der Waals surface area contributed by atoms with Gasteiger partial charge in [0.1, 0.15) is 5.01 Å². The molecule has 98 valence electrons. The van der Waals surface area contributed by atoms with Crippen LogP contribution in [0.4, 0.5) is 0 Å². The van der Waals surface area contributed by atoms with E-state index in [0.29, 0.717) is 12.3 Å². The molecule has 0 amide bonds. The second kappa shape index (κ2) is 5.11. The molecule has 0 unspecified atom stereocenters. The second-order valence-corrected chi connectivity index (χ2v) is 5.36. The van der Waals surface area contributed by atoms with E-state index in [1.54, 1.807) is 0 Å². The molecule has 0 bridgehead atoms. The van der Waals surface area contributed by atoms with Crippen molar-refractivity contribution in [1.82, 2.24) is 4.98 Å². The van der Waals surface area contributed by atoms with Crippen molar-refractivity contribution in [2.45, 2.75) is 19.4 Å². The van der Waals surface area contributed by atoms with Gasteiger partial charge in [-0.3, -0.25) is 4.79 Å². The van der Waals surface area contributed by atoms with Crippen LogP contribution in [0.2, 0.25) is 0 Å². The van der Waals surface area contributed by atoms with Gasteiger partial charge in [0, 0.05) is 10.9 Å². The molecular weight excluding hydrogens is 262 g/mol. The van der Waals surface area contributed by atoms with Crippen molar-refractivity contribution in [2.75, 3.05) is 6.61 Å². The first kappa shape index (κ1) is 12.3. The Balaban J connectivity index is 1.89. The molecule has 1 aliphatic rings. The van der Waals surface area contributed by atoms with Gasteiger partial charge >= 0.3 is 5.97 Å². The molecule has 5 heteroatoms. The summed E-state index contributed by atoms with van der Waals surface area (Å²) in [6.45, 7) is 1.44. The van der Waals surface area contributed by atoms with E-state index in [1.165, 1.54) is 22.5 Å². The lowest BCUT2D eigenvalue weighted by molar-refractivity contribution is -0.136. The predicted octanol–water partition coefficient (Wildman–Crippen LogP) is 2.51. The molecule has 1 aromatic heterocycles. The van der Waals surface area contributed by atoms with Gasteiger partial charge in [0.15, 0.2) is 0 Å². The monoisotopic (exact) mass is 275 g/mol. The number of nitrogens with zero attached hydrogens (tertiary/aromatic N) is 1. The lowest BCUT2D eigenvalue weighted by atomic mass is 10.0. The van der Waals surface area contributed by atoms with Crippen LogP contribution in [-0.2, 0) is 29.0 Å². The fourth-order valence-corrected chi connectivity index (χ4v) is 2.99. The number of carboxylic acid groups (broad SMARTS) is 1. The normalized spacial score (nSPS) is 14.1. The summed E-state index contributed by atoms with van der Waals surface area (Å²) in [5.41, 5.74) is 4.21. The molecule has 1 aliphatic heterocycles. The van der Waals surface area contributed by atoms with Gasteiger partial charge in [-0.15, -0.1) is 11.3 Å². The molecule has 3 rings (SSSR count). The minimum Gasteiger partial charge on any atom is -0.481 e. The maximum Gasteiger partial charge on any atom is 0.309 e. The van der Waals surface area contributed by atoms with Crippen molar-refractivity contribution in [3.63, 3.8) is 0 Å². The lowest BCUT2D eigenvalue weighted by Crippen LogP contribution is -2.09. The Hall–Kier alpha value is -1.72. The van der Waals surface area contributed by atoms with E-state index in [2.05, 4.69) is 17.1 Å². The highest BCUT2D eigenvalue weighted by atomic mass is 32.1. The van der Waals surface area contributed by atoms with Gasteiger partial charge in [-0.25, -0.2) is 4.98 Å². The lowest BCUT2D eigenvalue weighted by Gasteiger charge is -2.16. The summed E-state index contributed by atoms with van der Waals surface area (Å²) in [5, 5.41) is 11.4. The Morgan fingerprint density at radius 2 is 2.32 bits per heavy atom. The van der Waals surface area contributed by atoms with Crippen molar-refractivity contribution >= 4 is 17.3 Å². The van der Waals surface area contributed by atoms with E-state index in [4.69, 9.17) is 9.84 Å². The van der Waals surface area contributed by atoms with E-state index in [1.807, 2.05) is 11.4 Å². The van der Waals surface area contributed by atoms with Crippen LogP contribution >= 0.6 is 11.3 Å². The zero-order chi connectivity index (χ0) is 13.2. The van der Waals surface area contributed by atoms with Gasteiger partial charge in [-0.05, 0) is 23.6 Å². The van der Waals surface area contributed by atoms with E-state index in [0.717, 1.165) is 23.6 Å². The smallest absolute Gasteiger partial charge is 0.309 e. The highest BCUT2D eigenvalue weighted by Crippen LogP contribution is 2.28. The maximum atomic E-state index is 10.7. The molecule has 0 atom stereocenters. The van der Waals surface area contributed by atoms with Crippen molar-refractivity contribution in [3.8, 4) is 10.6 Å². The van der Waals surface area contributed by atoms with Crippen molar-refractivity contribution in [1.29, 1.82) is 0 Å². The number of carboxylic acids is 1. The SMILES string of the molecule is O=C(O)Cc1csc(-c2ccc3c(c2)CCOC3)n1. The zero-order valence-corrected chi connectivity index (χ0v) is 11.1. The quantitative estimate of drug-likeness (QED) is 0.935. The van der Waals surface area contributed by atoms with Crippen LogP contribution < -0.4 is 0 Å². The Kier molecular flexibility index (Phi) is 3.31. The first-order chi connectivity index (χ1) is 9.22. The predicted molar refractivity (Wildman–Crippen MR) is 72.2 cm³/mol. The average Bonchev–Trinajstić information content (AvgIpc) is 2.86. The average molecular weight is 275 g/mol. The summed E-state index contributed by atoms with van der Waals surface area (Å²) in [4.78, 5) is 15.0. The van der Waals surface area contributed by atoms with Crippen LogP contribution in [0.3, 0.4) is 0 Å². The number of hydrogen-bond acceptors (Lipinski definition) is 4. The molecule has 0 saturated carbocycles. The van der Waals surface area contributed by atoms with Crippen LogP contribution in [0, 0.1) is 0 Å². The fourth-order valence-electron chi connectivity index (χ4n) is 2.17. The fraction of sp³-hybridized carbons (Fsp3) is 0.286. The number of ether oxygens (including phenoxy) is 1.